The molecule has 1 saturated carbocycles. The summed E-state index contributed by atoms with van der Waals surface area (Å²) in [5.41, 5.74) is 0.848. The third-order valence-corrected chi connectivity index (χ3v) is 5.21. The van der Waals surface area contributed by atoms with E-state index in [2.05, 4.69) is 21.3 Å². The molecule has 4 N–H and O–H groups in total. The van der Waals surface area contributed by atoms with E-state index < -0.39 is 12.3 Å². The zero-order valence-electron chi connectivity index (χ0n) is 15.8. The molecule has 3 rings (SSSR count). The van der Waals surface area contributed by atoms with Crippen molar-refractivity contribution >= 4 is 12.3 Å². The third-order valence-electron chi connectivity index (χ3n) is 5.21. The van der Waals surface area contributed by atoms with Crippen molar-refractivity contribution in [1.29, 1.82) is 0 Å². The van der Waals surface area contributed by atoms with Gasteiger partial charge in [-0.15, -0.1) is 0 Å². The largest absolute Gasteiger partial charge is 0.358 e. The molecule has 2 amide bonds. The summed E-state index contributed by atoms with van der Waals surface area (Å²) >= 11 is 0. The fourth-order valence-electron chi connectivity index (χ4n) is 3.56. The van der Waals surface area contributed by atoms with E-state index >= 15 is 0 Å². The highest BCUT2D eigenvalue weighted by Gasteiger charge is 2.33. The third kappa shape index (κ3) is 6.22. The maximum atomic E-state index is 13.0. The first-order valence-corrected chi connectivity index (χ1v) is 9.47. The molecule has 9 heteroatoms. The summed E-state index contributed by atoms with van der Waals surface area (Å²) < 4.78 is 30.8. The van der Waals surface area contributed by atoms with Gasteiger partial charge in [0, 0.05) is 38.1 Å². The van der Waals surface area contributed by atoms with Crippen molar-refractivity contribution in [2.75, 3.05) is 20.2 Å². The Morgan fingerprint density at radius 1 is 1.37 bits per heavy atom. The van der Waals surface area contributed by atoms with Crippen LogP contribution in [0.2, 0.25) is 0 Å². The first-order valence-electron chi connectivity index (χ1n) is 9.47. The van der Waals surface area contributed by atoms with Crippen molar-refractivity contribution in [3.63, 3.8) is 0 Å². The van der Waals surface area contributed by atoms with Crippen molar-refractivity contribution in [3.05, 3.63) is 11.6 Å². The molecule has 0 radical (unpaired) electrons. The lowest BCUT2D eigenvalue weighted by atomic mass is 9.86. The molecule has 6 unspecified atom stereocenters. The predicted octanol–water partition coefficient (Wildman–Crippen LogP) is 0.521. The van der Waals surface area contributed by atoms with Gasteiger partial charge in [0.15, 0.2) is 6.35 Å². The fraction of sp³-hybridized carbons (Fsp3) is 0.778. The van der Waals surface area contributed by atoms with Gasteiger partial charge in [-0.3, -0.25) is 20.2 Å². The number of amides is 2. The Morgan fingerprint density at radius 3 is 2.78 bits per heavy atom. The number of rotatable bonds is 5. The van der Waals surface area contributed by atoms with Gasteiger partial charge in [-0.1, -0.05) is 13.0 Å². The number of fused-ring (bicyclic) bond motifs is 1. The summed E-state index contributed by atoms with van der Waals surface area (Å²) in [6.07, 6.45) is 2.05. The molecule has 0 aromatic heterocycles. The molecule has 154 valence electrons. The standard InChI is InChI=1S/C10H17N3O2.C8H13F2NO/c1-3-6-4-7-8(12-9(6)14)5-11-10(13-7)15-2;9-7-2-1-6(4-11-5-12)8(10)3-7/h4,7-8,10-11,13H,3,5H2,1-2H3,(H,12,14);5-8H,1-4H2,(H,11,12). The van der Waals surface area contributed by atoms with Gasteiger partial charge in [0.2, 0.25) is 12.3 Å². The number of nitrogens with one attached hydrogen (secondary N) is 4. The van der Waals surface area contributed by atoms with Gasteiger partial charge in [0.1, 0.15) is 12.3 Å². The van der Waals surface area contributed by atoms with E-state index in [0.29, 0.717) is 25.8 Å². The van der Waals surface area contributed by atoms with Crippen LogP contribution in [-0.4, -0.2) is 63.3 Å². The first-order chi connectivity index (χ1) is 13.0. The Balaban J connectivity index is 0.000000199. The molecule has 1 saturated heterocycles. The van der Waals surface area contributed by atoms with Gasteiger partial charge in [-0.2, -0.15) is 0 Å². The quantitative estimate of drug-likeness (QED) is 0.516. The Bertz CT molecular complexity index is 535. The molecular formula is C18H30F2N4O3. The Kier molecular flexibility index (Phi) is 8.59. The van der Waals surface area contributed by atoms with E-state index in [9.17, 15) is 18.4 Å². The Labute approximate surface area is 158 Å². The SMILES string of the molecule is CCC1=CC2NC(OC)NCC2NC1=O.O=CNCC1CCC(F)CC1F. The van der Waals surface area contributed by atoms with Crippen LogP contribution in [0.15, 0.2) is 11.6 Å². The van der Waals surface area contributed by atoms with Crippen LogP contribution < -0.4 is 21.3 Å². The number of carbonyl (C=O) groups is 2. The normalized spacial score (nSPS) is 35.7. The highest BCUT2D eigenvalue weighted by molar-refractivity contribution is 5.94. The first kappa shape index (κ1) is 21.7. The molecule has 3 aliphatic rings. The zero-order valence-corrected chi connectivity index (χ0v) is 15.8. The highest BCUT2D eigenvalue weighted by atomic mass is 19.1. The van der Waals surface area contributed by atoms with Crippen molar-refractivity contribution in [2.45, 2.75) is 63.4 Å². The molecule has 6 atom stereocenters. The van der Waals surface area contributed by atoms with Gasteiger partial charge >= 0.3 is 0 Å². The maximum Gasteiger partial charge on any atom is 0.247 e. The summed E-state index contributed by atoms with van der Waals surface area (Å²) in [4.78, 5) is 21.5. The van der Waals surface area contributed by atoms with Crippen molar-refractivity contribution < 1.29 is 23.1 Å². The Morgan fingerprint density at radius 2 is 2.15 bits per heavy atom. The van der Waals surface area contributed by atoms with E-state index in [-0.39, 0.29) is 36.7 Å². The summed E-state index contributed by atoms with van der Waals surface area (Å²) in [7, 11) is 1.65. The fourth-order valence-corrected chi connectivity index (χ4v) is 3.56. The molecule has 1 aliphatic carbocycles. The number of ether oxygens (including phenoxy) is 1. The Hall–Kier alpha value is -1.58. The molecule has 7 nitrogen and oxygen atoms in total. The lowest BCUT2D eigenvalue weighted by Gasteiger charge is -2.39. The summed E-state index contributed by atoms with van der Waals surface area (Å²) in [5.74, 6) is -0.139. The topological polar surface area (TPSA) is 91.5 Å². The van der Waals surface area contributed by atoms with E-state index in [0.717, 1.165) is 18.5 Å². The molecule has 0 aromatic rings. The lowest BCUT2D eigenvalue weighted by molar-refractivity contribution is -0.119. The zero-order chi connectivity index (χ0) is 19.8. The number of halogens is 2. The lowest BCUT2D eigenvalue weighted by Crippen LogP contribution is -2.67. The maximum absolute atomic E-state index is 13.0. The van der Waals surface area contributed by atoms with Crippen LogP contribution in [-0.2, 0) is 14.3 Å². The smallest absolute Gasteiger partial charge is 0.247 e. The summed E-state index contributed by atoms with van der Waals surface area (Å²) in [6.45, 7) is 3.05. The van der Waals surface area contributed by atoms with Crippen molar-refractivity contribution in [2.24, 2.45) is 5.92 Å². The minimum absolute atomic E-state index is 0.00873. The predicted molar refractivity (Wildman–Crippen MR) is 97.2 cm³/mol. The minimum Gasteiger partial charge on any atom is -0.358 e. The summed E-state index contributed by atoms with van der Waals surface area (Å²) in [6, 6.07) is 0.294. The van der Waals surface area contributed by atoms with Gasteiger partial charge in [0.25, 0.3) is 0 Å². The van der Waals surface area contributed by atoms with Crippen LogP contribution in [0.4, 0.5) is 8.78 Å². The van der Waals surface area contributed by atoms with E-state index in [1.54, 1.807) is 7.11 Å². The van der Waals surface area contributed by atoms with Crippen molar-refractivity contribution in [1.82, 2.24) is 21.3 Å². The molecule has 2 heterocycles. The molecule has 2 aliphatic heterocycles. The van der Waals surface area contributed by atoms with E-state index in [4.69, 9.17) is 4.74 Å². The second kappa shape index (κ2) is 10.7. The molecular weight excluding hydrogens is 358 g/mol. The summed E-state index contributed by atoms with van der Waals surface area (Å²) in [5, 5.41) is 11.8. The average molecular weight is 388 g/mol. The van der Waals surface area contributed by atoms with Crippen LogP contribution in [0, 0.1) is 5.92 Å². The molecule has 0 spiro atoms. The molecule has 27 heavy (non-hydrogen) atoms. The second-order valence-corrected chi connectivity index (χ2v) is 7.05. The number of hydrogen-bond acceptors (Lipinski definition) is 5. The van der Waals surface area contributed by atoms with Gasteiger partial charge in [-0.25, -0.2) is 8.78 Å². The number of alkyl halides is 2. The van der Waals surface area contributed by atoms with Gasteiger partial charge in [-0.05, 0) is 19.3 Å². The van der Waals surface area contributed by atoms with Crippen LogP contribution in [0.5, 0.6) is 0 Å². The number of hydrogen-bond donors (Lipinski definition) is 4. The van der Waals surface area contributed by atoms with Crippen LogP contribution in [0.1, 0.15) is 32.6 Å². The van der Waals surface area contributed by atoms with Gasteiger partial charge in [0.05, 0.1) is 12.1 Å². The number of methoxy groups -OCH3 is 1. The average Bonchev–Trinajstić information content (AvgIpc) is 2.67. The van der Waals surface area contributed by atoms with Crippen LogP contribution >= 0.6 is 0 Å². The van der Waals surface area contributed by atoms with Crippen LogP contribution in [0.25, 0.3) is 0 Å². The highest BCUT2D eigenvalue weighted by Crippen LogP contribution is 2.28. The van der Waals surface area contributed by atoms with E-state index in [1.807, 2.05) is 13.0 Å². The monoisotopic (exact) mass is 388 g/mol. The van der Waals surface area contributed by atoms with Crippen molar-refractivity contribution in [3.8, 4) is 0 Å². The molecule has 0 aromatic carbocycles. The van der Waals surface area contributed by atoms with Gasteiger partial charge < -0.3 is 15.4 Å². The molecule has 0 bridgehead atoms. The molecule has 2 fully saturated rings. The van der Waals surface area contributed by atoms with E-state index in [1.165, 1.54) is 0 Å². The minimum atomic E-state index is -1.10. The second-order valence-electron chi connectivity index (χ2n) is 7.05. The van der Waals surface area contributed by atoms with Crippen LogP contribution in [0.3, 0.4) is 0 Å². The number of carbonyl (C=O) groups excluding carboxylic acids is 2.